The van der Waals surface area contributed by atoms with Crippen LogP contribution in [0, 0.1) is 9.49 Å². The molecule has 2 rings (SSSR count). The molecule has 1 aliphatic rings. The van der Waals surface area contributed by atoms with E-state index in [1.807, 2.05) is 0 Å². The minimum absolute atomic E-state index is 0.470. The van der Waals surface area contributed by atoms with Gasteiger partial charge in [0, 0.05) is 9.61 Å². The van der Waals surface area contributed by atoms with Crippen LogP contribution in [0.3, 0.4) is 0 Å². The van der Waals surface area contributed by atoms with Gasteiger partial charge in [0.2, 0.25) is 0 Å². The number of hydrogen-bond donors (Lipinski definition) is 1. The summed E-state index contributed by atoms with van der Waals surface area (Å²) in [5.41, 5.74) is 1.35. The Morgan fingerprint density at radius 1 is 1.37 bits per heavy atom. The number of nitrogens with one attached hydrogen (secondary N) is 1. The first-order valence-electron chi connectivity index (χ1n) is 7.39. The largest absolute Gasteiger partial charge is 0.310 e. The number of halogens is 2. The van der Waals surface area contributed by atoms with Gasteiger partial charge in [-0.2, -0.15) is 0 Å². The van der Waals surface area contributed by atoms with Crippen LogP contribution in [0.25, 0.3) is 0 Å². The highest BCUT2D eigenvalue weighted by molar-refractivity contribution is 14.1. The molecule has 19 heavy (non-hydrogen) atoms. The van der Waals surface area contributed by atoms with Crippen molar-refractivity contribution in [2.75, 3.05) is 6.54 Å². The predicted octanol–water partition coefficient (Wildman–Crippen LogP) is 5.57. The van der Waals surface area contributed by atoms with Gasteiger partial charge in [-0.1, -0.05) is 50.3 Å². The molecule has 0 saturated heterocycles. The summed E-state index contributed by atoms with van der Waals surface area (Å²) in [4.78, 5) is 0. The van der Waals surface area contributed by atoms with Crippen LogP contribution in [-0.4, -0.2) is 6.54 Å². The van der Waals surface area contributed by atoms with Gasteiger partial charge in [-0.15, -0.1) is 0 Å². The quantitative estimate of drug-likeness (QED) is 0.625. The summed E-state index contributed by atoms with van der Waals surface area (Å²) in [5.74, 6) is 0.896. The van der Waals surface area contributed by atoms with E-state index in [4.69, 9.17) is 11.6 Å². The lowest BCUT2D eigenvalue weighted by molar-refractivity contribution is 0.395. The molecule has 1 aromatic carbocycles. The first-order chi connectivity index (χ1) is 9.20. The van der Waals surface area contributed by atoms with E-state index in [9.17, 15) is 0 Å². The van der Waals surface area contributed by atoms with E-state index < -0.39 is 0 Å². The molecule has 1 N–H and O–H groups in total. The zero-order valence-electron chi connectivity index (χ0n) is 11.6. The van der Waals surface area contributed by atoms with Crippen LogP contribution < -0.4 is 5.32 Å². The average molecular weight is 392 g/mol. The fourth-order valence-corrected chi connectivity index (χ4v) is 3.49. The van der Waals surface area contributed by atoms with Gasteiger partial charge in [0.1, 0.15) is 0 Å². The molecular formula is C16H23ClIN. The van der Waals surface area contributed by atoms with Crippen LogP contribution in [0.1, 0.15) is 57.1 Å². The van der Waals surface area contributed by atoms with Crippen LogP contribution in [0.15, 0.2) is 18.2 Å². The van der Waals surface area contributed by atoms with Crippen LogP contribution in [0.5, 0.6) is 0 Å². The molecule has 0 heterocycles. The van der Waals surface area contributed by atoms with Crippen LogP contribution in [0.2, 0.25) is 5.02 Å². The molecule has 1 unspecified atom stereocenters. The normalized spacial score (nSPS) is 17.8. The van der Waals surface area contributed by atoms with Gasteiger partial charge in [-0.25, -0.2) is 0 Å². The third-order valence-electron chi connectivity index (χ3n) is 4.03. The number of hydrogen-bond acceptors (Lipinski definition) is 1. The summed E-state index contributed by atoms with van der Waals surface area (Å²) in [6.07, 6.45) is 8.08. The van der Waals surface area contributed by atoms with Crippen molar-refractivity contribution >= 4 is 34.2 Å². The molecule has 0 aromatic heterocycles. The first-order valence-corrected chi connectivity index (χ1v) is 8.84. The molecule has 0 radical (unpaired) electrons. The number of benzene rings is 1. The van der Waals surface area contributed by atoms with E-state index in [-0.39, 0.29) is 0 Å². The molecule has 0 spiro atoms. The Hall–Kier alpha value is 0.200. The second-order valence-electron chi connectivity index (χ2n) is 5.57. The fourth-order valence-electron chi connectivity index (χ4n) is 2.96. The monoisotopic (exact) mass is 391 g/mol. The van der Waals surface area contributed by atoms with Crippen molar-refractivity contribution in [3.05, 3.63) is 32.4 Å². The molecule has 1 atom stereocenters. The van der Waals surface area contributed by atoms with Crippen molar-refractivity contribution in [1.82, 2.24) is 5.32 Å². The van der Waals surface area contributed by atoms with Crippen molar-refractivity contribution < 1.29 is 0 Å². The summed E-state index contributed by atoms with van der Waals surface area (Å²) in [5, 5.41) is 4.58. The van der Waals surface area contributed by atoms with E-state index >= 15 is 0 Å². The highest BCUT2D eigenvalue weighted by Gasteiger charge is 2.21. The molecule has 1 aliphatic carbocycles. The van der Waals surface area contributed by atoms with Crippen molar-refractivity contribution in [2.24, 2.45) is 5.92 Å². The molecule has 1 fully saturated rings. The fraction of sp³-hybridized carbons (Fsp3) is 0.625. The standard InChI is InChI=1S/C16H23ClIN/c1-2-9-19-16(10-12-5-3-4-6-12)13-7-8-15(18)14(17)11-13/h7-8,11-12,16,19H,2-6,9-10H2,1H3. The molecule has 0 amide bonds. The molecule has 0 bridgehead atoms. The van der Waals surface area contributed by atoms with Crippen molar-refractivity contribution in [3.8, 4) is 0 Å². The van der Waals surface area contributed by atoms with Crippen molar-refractivity contribution in [2.45, 2.75) is 51.5 Å². The maximum absolute atomic E-state index is 6.27. The molecular weight excluding hydrogens is 369 g/mol. The third-order valence-corrected chi connectivity index (χ3v) is 5.60. The second kappa shape index (κ2) is 7.84. The molecule has 1 aromatic rings. The summed E-state index contributed by atoms with van der Waals surface area (Å²) in [7, 11) is 0. The Bertz CT molecular complexity index is 402. The lowest BCUT2D eigenvalue weighted by Gasteiger charge is -2.23. The van der Waals surface area contributed by atoms with Gasteiger partial charge in [-0.05, 0) is 65.6 Å². The Labute approximate surface area is 135 Å². The van der Waals surface area contributed by atoms with Crippen LogP contribution in [-0.2, 0) is 0 Å². The Kier molecular flexibility index (Phi) is 6.43. The molecule has 106 valence electrons. The van der Waals surface area contributed by atoms with Crippen molar-refractivity contribution in [1.29, 1.82) is 0 Å². The van der Waals surface area contributed by atoms with Gasteiger partial charge < -0.3 is 5.32 Å². The molecule has 3 heteroatoms. The lowest BCUT2D eigenvalue weighted by Crippen LogP contribution is -2.24. The van der Waals surface area contributed by atoms with Crippen LogP contribution >= 0.6 is 34.2 Å². The maximum atomic E-state index is 6.27. The minimum atomic E-state index is 0.470. The van der Waals surface area contributed by atoms with Crippen molar-refractivity contribution in [3.63, 3.8) is 0 Å². The molecule has 1 nitrogen and oxygen atoms in total. The van der Waals surface area contributed by atoms with E-state index in [1.165, 1.54) is 44.1 Å². The zero-order chi connectivity index (χ0) is 13.7. The van der Waals surface area contributed by atoms with Gasteiger partial charge in [0.05, 0.1) is 5.02 Å². The molecule has 1 saturated carbocycles. The first kappa shape index (κ1) is 15.6. The minimum Gasteiger partial charge on any atom is -0.310 e. The zero-order valence-corrected chi connectivity index (χ0v) is 14.5. The SMILES string of the molecule is CCCNC(CC1CCCC1)c1ccc(I)c(Cl)c1. The van der Waals surface area contributed by atoms with Gasteiger partial charge in [0.25, 0.3) is 0 Å². The average Bonchev–Trinajstić information content (AvgIpc) is 2.91. The summed E-state index contributed by atoms with van der Waals surface area (Å²) >= 11 is 8.56. The van der Waals surface area contributed by atoms with E-state index in [0.717, 1.165) is 21.1 Å². The van der Waals surface area contributed by atoms with Gasteiger partial charge in [0.15, 0.2) is 0 Å². The number of rotatable bonds is 6. The Morgan fingerprint density at radius 2 is 2.11 bits per heavy atom. The Morgan fingerprint density at radius 3 is 2.74 bits per heavy atom. The summed E-state index contributed by atoms with van der Waals surface area (Å²) in [6, 6.07) is 6.98. The second-order valence-corrected chi connectivity index (χ2v) is 7.14. The van der Waals surface area contributed by atoms with E-state index in [0.29, 0.717) is 6.04 Å². The predicted molar refractivity (Wildman–Crippen MR) is 91.8 cm³/mol. The van der Waals surface area contributed by atoms with Crippen LogP contribution in [0.4, 0.5) is 0 Å². The third kappa shape index (κ3) is 4.61. The topological polar surface area (TPSA) is 12.0 Å². The lowest BCUT2D eigenvalue weighted by atomic mass is 9.93. The highest BCUT2D eigenvalue weighted by Crippen LogP contribution is 2.34. The van der Waals surface area contributed by atoms with E-state index in [1.54, 1.807) is 0 Å². The summed E-state index contributed by atoms with van der Waals surface area (Å²) < 4.78 is 1.14. The highest BCUT2D eigenvalue weighted by atomic mass is 127. The molecule has 0 aliphatic heterocycles. The van der Waals surface area contributed by atoms with Gasteiger partial charge in [-0.3, -0.25) is 0 Å². The summed E-state index contributed by atoms with van der Waals surface area (Å²) in [6.45, 7) is 3.31. The van der Waals surface area contributed by atoms with E-state index in [2.05, 4.69) is 53.0 Å². The smallest absolute Gasteiger partial charge is 0.0542 e. The van der Waals surface area contributed by atoms with Gasteiger partial charge >= 0.3 is 0 Å². The maximum Gasteiger partial charge on any atom is 0.0542 e. The Balaban J connectivity index is 2.08.